The SMILES string of the molecule is Cc1ccc(CCCCc2ccccc2)c2ccccc12. The van der Waals surface area contributed by atoms with Gasteiger partial charge in [0, 0.05) is 0 Å². The second kappa shape index (κ2) is 6.58. The number of hydrogen-bond acceptors (Lipinski definition) is 0. The Kier molecular flexibility index (Phi) is 4.35. The molecular weight excluding hydrogens is 252 g/mol. The molecule has 0 aliphatic heterocycles. The quantitative estimate of drug-likeness (QED) is 0.522. The Morgan fingerprint density at radius 2 is 1.29 bits per heavy atom. The van der Waals surface area contributed by atoms with Crippen molar-refractivity contribution in [3.05, 3.63) is 83.4 Å². The Labute approximate surface area is 127 Å². The molecule has 0 fully saturated rings. The molecule has 0 spiro atoms. The van der Waals surface area contributed by atoms with Crippen molar-refractivity contribution in [3.63, 3.8) is 0 Å². The van der Waals surface area contributed by atoms with E-state index >= 15 is 0 Å². The lowest BCUT2D eigenvalue weighted by Gasteiger charge is -2.09. The van der Waals surface area contributed by atoms with Gasteiger partial charge in [0.05, 0.1) is 0 Å². The zero-order valence-corrected chi connectivity index (χ0v) is 12.7. The Balaban J connectivity index is 1.65. The first-order chi connectivity index (χ1) is 10.3. The molecule has 0 heteroatoms. The normalized spacial score (nSPS) is 10.9. The zero-order valence-electron chi connectivity index (χ0n) is 12.7. The minimum atomic E-state index is 1.17. The molecule has 0 nitrogen and oxygen atoms in total. The molecule has 106 valence electrons. The van der Waals surface area contributed by atoms with Crippen molar-refractivity contribution in [2.24, 2.45) is 0 Å². The lowest BCUT2D eigenvalue weighted by Crippen LogP contribution is -1.91. The molecule has 3 rings (SSSR count). The number of unbranched alkanes of at least 4 members (excludes halogenated alkanes) is 1. The van der Waals surface area contributed by atoms with Gasteiger partial charge in [-0.1, -0.05) is 66.7 Å². The third-order valence-electron chi connectivity index (χ3n) is 4.24. The predicted molar refractivity (Wildman–Crippen MR) is 91.8 cm³/mol. The van der Waals surface area contributed by atoms with Crippen molar-refractivity contribution in [1.82, 2.24) is 0 Å². The second-order valence-electron chi connectivity index (χ2n) is 5.78. The molecule has 0 radical (unpaired) electrons. The van der Waals surface area contributed by atoms with Crippen LogP contribution in [0.3, 0.4) is 0 Å². The average molecular weight is 274 g/mol. The van der Waals surface area contributed by atoms with E-state index in [-0.39, 0.29) is 0 Å². The fourth-order valence-electron chi connectivity index (χ4n) is 3.02. The summed E-state index contributed by atoms with van der Waals surface area (Å²) >= 11 is 0. The summed E-state index contributed by atoms with van der Waals surface area (Å²) in [6.45, 7) is 2.20. The summed E-state index contributed by atoms with van der Waals surface area (Å²) in [5.74, 6) is 0. The number of fused-ring (bicyclic) bond motifs is 1. The molecule has 0 N–H and O–H groups in total. The molecular formula is C21H22. The summed E-state index contributed by atoms with van der Waals surface area (Å²) in [6.07, 6.45) is 4.87. The summed E-state index contributed by atoms with van der Waals surface area (Å²) in [6, 6.07) is 24.1. The van der Waals surface area contributed by atoms with Crippen LogP contribution in [0.5, 0.6) is 0 Å². The standard InChI is InChI=1S/C21H22/c1-17-15-16-19(21-14-8-7-13-20(17)21)12-6-5-11-18-9-3-2-4-10-18/h2-4,7-10,13-16H,5-6,11-12H2,1H3. The molecule has 0 amide bonds. The van der Waals surface area contributed by atoms with Crippen LogP contribution in [0.25, 0.3) is 10.8 Å². The van der Waals surface area contributed by atoms with E-state index in [1.165, 1.54) is 53.1 Å². The van der Waals surface area contributed by atoms with Crippen molar-refractivity contribution in [3.8, 4) is 0 Å². The van der Waals surface area contributed by atoms with Gasteiger partial charge in [0.1, 0.15) is 0 Å². The molecule has 0 heterocycles. The van der Waals surface area contributed by atoms with Crippen molar-refractivity contribution in [2.45, 2.75) is 32.6 Å². The van der Waals surface area contributed by atoms with Gasteiger partial charge in [-0.2, -0.15) is 0 Å². The molecule has 3 aromatic rings. The highest BCUT2D eigenvalue weighted by Crippen LogP contribution is 2.23. The molecule has 21 heavy (non-hydrogen) atoms. The summed E-state index contributed by atoms with van der Waals surface area (Å²) < 4.78 is 0. The topological polar surface area (TPSA) is 0 Å². The zero-order chi connectivity index (χ0) is 14.5. The lowest BCUT2D eigenvalue weighted by molar-refractivity contribution is 0.737. The van der Waals surface area contributed by atoms with Gasteiger partial charge in [0.15, 0.2) is 0 Å². The minimum Gasteiger partial charge on any atom is -0.0622 e. The van der Waals surface area contributed by atoms with Crippen molar-refractivity contribution >= 4 is 10.8 Å². The van der Waals surface area contributed by atoms with Gasteiger partial charge >= 0.3 is 0 Å². The summed E-state index contributed by atoms with van der Waals surface area (Å²) in [7, 11) is 0. The molecule has 0 atom stereocenters. The third-order valence-corrected chi connectivity index (χ3v) is 4.24. The Morgan fingerprint density at radius 3 is 2.10 bits per heavy atom. The molecule has 0 aliphatic carbocycles. The van der Waals surface area contributed by atoms with Crippen LogP contribution < -0.4 is 0 Å². The van der Waals surface area contributed by atoms with Crippen LogP contribution in [0.4, 0.5) is 0 Å². The predicted octanol–water partition coefficient (Wildman–Crippen LogP) is 5.71. The third kappa shape index (κ3) is 3.33. The molecule has 0 saturated heterocycles. The fourth-order valence-corrected chi connectivity index (χ4v) is 3.02. The van der Waals surface area contributed by atoms with Crippen molar-refractivity contribution < 1.29 is 0 Å². The monoisotopic (exact) mass is 274 g/mol. The largest absolute Gasteiger partial charge is 0.0622 e. The lowest BCUT2D eigenvalue weighted by atomic mass is 9.96. The highest BCUT2D eigenvalue weighted by Gasteiger charge is 2.03. The van der Waals surface area contributed by atoms with Crippen LogP contribution in [-0.4, -0.2) is 0 Å². The number of benzene rings is 3. The van der Waals surface area contributed by atoms with E-state index in [0.717, 1.165) is 0 Å². The Hall–Kier alpha value is -2.08. The first-order valence-corrected chi connectivity index (χ1v) is 7.86. The van der Waals surface area contributed by atoms with E-state index in [1.54, 1.807) is 0 Å². The van der Waals surface area contributed by atoms with Crippen molar-refractivity contribution in [1.29, 1.82) is 0 Å². The van der Waals surface area contributed by atoms with Crippen molar-refractivity contribution in [2.75, 3.05) is 0 Å². The van der Waals surface area contributed by atoms with E-state index in [9.17, 15) is 0 Å². The minimum absolute atomic E-state index is 1.17. The highest BCUT2D eigenvalue weighted by atomic mass is 14.1. The second-order valence-corrected chi connectivity index (χ2v) is 5.78. The van der Waals surface area contributed by atoms with Crippen LogP contribution in [0.2, 0.25) is 0 Å². The molecule has 0 bridgehead atoms. The van der Waals surface area contributed by atoms with E-state index < -0.39 is 0 Å². The van der Waals surface area contributed by atoms with Gasteiger partial charge in [-0.15, -0.1) is 0 Å². The van der Waals surface area contributed by atoms with E-state index in [4.69, 9.17) is 0 Å². The Morgan fingerprint density at radius 1 is 0.619 bits per heavy atom. The van der Waals surface area contributed by atoms with Gasteiger partial charge in [0.2, 0.25) is 0 Å². The summed E-state index contributed by atoms with van der Waals surface area (Å²) in [5, 5.41) is 2.83. The van der Waals surface area contributed by atoms with Gasteiger partial charge in [0.25, 0.3) is 0 Å². The summed E-state index contributed by atoms with van der Waals surface area (Å²) in [5.41, 5.74) is 4.31. The maximum Gasteiger partial charge on any atom is -0.0149 e. The molecule has 0 aromatic heterocycles. The maximum absolute atomic E-state index is 2.31. The fraction of sp³-hybridized carbons (Fsp3) is 0.238. The maximum atomic E-state index is 2.31. The smallest absolute Gasteiger partial charge is 0.0149 e. The van der Waals surface area contributed by atoms with Crippen LogP contribution in [0, 0.1) is 6.92 Å². The van der Waals surface area contributed by atoms with E-state index in [0.29, 0.717) is 0 Å². The van der Waals surface area contributed by atoms with Gasteiger partial charge in [-0.05, 0) is 60.1 Å². The number of aryl methyl sites for hydroxylation is 3. The van der Waals surface area contributed by atoms with Crippen LogP contribution in [0.1, 0.15) is 29.5 Å². The van der Waals surface area contributed by atoms with Crippen LogP contribution in [0.15, 0.2) is 66.7 Å². The molecule has 0 aliphatic rings. The number of rotatable bonds is 5. The first kappa shape index (κ1) is 13.9. The number of hydrogen-bond donors (Lipinski definition) is 0. The van der Waals surface area contributed by atoms with Crippen LogP contribution >= 0.6 is 0 Å². The van der Waals surface area contributed by atoms with Gasteiger partial charge in [-0.3, -0.25) is 0 Å². The van der Waals surface area contributed by atoms with E-state index in [1.807, 2.05) is 0 Å². The molecule has 0 saturated carbocycles. The average Bonchev–Trinajstić information content (AvgIpc) is 2.55. The summed E-state index contributed by atoms with van der Waals surface area (Å²) in [4.78, 5) is 0. The van der Waals surface area contributed by atoms with E-state index in [2.05, 4.69) is 73.7 Å². The van der Waals surface area contributed by atoms with Crippen LogP contribution in [-0.2, 0) is 12.8 Å². The van der Waals surface area contributed by atoms with Gasteiger partial charge in [-0.25, -0.2) is 0 Å². The Bertz CT molecular complexity index is 710. The molecule has 3 aromatic carbocycles. The molecule has 0 unspecified atom stereocenters. The first-order valence-electron chi connectivity index (χ1n) is 7.86. The highest BCUT2D eigenvalue weighted by molar-refractivity contribution is 5.88. The van der Waals surface area contributed by atoms with Gasteiger partial charge < -0.3 is 0 Å².